The van der Waals surface area contributed by atoms with E-state index in [0.29, 0.717) is 22.1 Å². The van der Waals surface area contributed by atoms with Crippen LogP contribution in [0.2, 0.25) is 0 Å². The Kier molecular flexibility index (Phi) is 3.38. The van der Waals surface area contributed by atoms with Gasteiger partial charge in [0, 0.05) is 12.1 Å². The predicted octanol–water partition coefficient (Wildman–Crippen LogP) is 2.44. The second-order valence-corrected chi connectivity index (χ2v) is 5.84. The van der Waals surface area contributed by atoms with Crippen molar-refractivity contribution in [3.63, 3.8) is 0 Å². The number of nitrogen functional groups attached to an aromatic ring is 1. The maximum Gasteiger partial charge on any atom is 0.266 e. The molecule has 2 N–H and O–H groups in total. The van der Waals surface area contributed by atoms with Gasteiger partial charge in [-0.25, -0.2) is 4.98 Å². The van der Waals surface area contributed by atoms with Crippen molar-refractivity contribution in [3.05, 3.63) is 10.6 Å². The number of anilines is 1. The third-order valence-electron chi connectivity index (χ3n) is 3.44. The lowest BCUT2D eigenvalue weighted by Gasteiger charge is -2.38. The smallest absolute Gasteiger partial charge is 0.266 e. The van der Waals surface area contributed by atoms with Crippen LogP contribution in [0.1, 0.15) is 48.5 Å². The molecule has 0 aromatic carbocycles. The van der Waals surface area contributed by atoms with Crippen molar-refractivity contribution in [2.45, 2.75) is 52.1 Å². The molecular formula is C12H19N3OS. The molecule has 0 spiro atoms. The van der Waals surface area contributed by atoms with E-state index in [-0.39, 0.29) is 5.91 Å². The lowest BCUT2D eigenvalue weighted by molar-refractivity contribution is 0.0515. The average Bonchev–Trinajstić information content (AvgIpc) is 2.57. The standard InChI is InChI=1S/C12H19N3OS/c1-7-5-4-6-8(2)15(7)11(16)10-9(3)14-12(13)17-10/h7-8H,4-6H2,1-3H3,(H2,13,14). The van der Waals surface area contributed by atoms with E-state index in [0.717, 1.165) is 18.5 Å². The van der Waals surface area contributed by atoms with E-state index in [2.05, 4.69) is 18.8 Å². The minimum Gasteiger partial charge on any atom is -0.375 e. The summed E-state index contributed by atoms with van der Waals surface area (Å²) in [6.07, 6.45) is 3.38. The van der Waals surface area contributed by atoms with E-state index in [1.54, 1.807) is 0 Å². The van der Waals surface area contributed by atoms with Crippen LogP contribution >= 0.6 is 11.3 Å². The van der Waals surface area contributed by atoms with Crippen molar-refractivity contribution < 1.29 is 4.79 Å². The summed E-state index contributed by atoms with van der Waals surface area (Å²) in [5, 5.41) is 0.475. The Morgan fingerprint density at radius 3 is 2.47 bits per heavy atom. The molecule has 1 fully saturated rings. The number of thiazole rings is 1. The van der Waals surface area contributed by atoms with Crippen LogP contribution in [0.3, 0.4) is 0 Å². The molecule has 1 saturated heterocycles. The molecule has 1 aliphatic heterocycles. The second-order valence-electron chi connectivity index (χ2n) is 4.81. The minimum absolute atomic E-state index is 0.0939. The van der Waals surface area contributed by atoms with Crippen LogP contribution in [0.15, 0.2) is 0 Å². The van der Waals surface area contributed by atoms with Crippen LogP contribution < -0.4 is 5.73 Å². The van der Waals surface area contributed by atoms with E-state index in [1.807, 2.05) is 11.8 Å². The van der Waals surface area contributed by atoms with Gasteiger partial charge in [0.2, 0.25) is 0 Å². The van der Waals surface area contributed by atoms with Crippen molar-refractivity contribution in [2.75, 3.05) is 5.73 Å². The minimum atomic E-state index is 0.0939. The fraction of sp³-hybridized carbons (Fsp3) is 0.667. The van der Waals surface area contributed by atoms with Crippen LogP contribution in [-0.4, -0.2) is 27.9 Å². The molecule has 4 nitrogen and oxygen atoms in total. The highest BCUT2D eigenvalue weighted by molar-refractivity contribution is 7.17. The first-order valence-electron chi connectivity index (χ1n) is 6.06. The molecule has 0 bridgehead atoms. The van der Waals surface area contributed by atoms with Gasteiger partial charge in [0.15, 0.2) is 5.13 Å². The van der Waals surface area contributed by atoms with Crippen LogP contribution in [0.25, 0.3) is 0 Å². The van der Waals surface area contributed by atoms with Gasteiger partial charge in [0.05, 0.1) is 5.69 Å². The molecule has 1 aliphatic rings. The lowest BCUT2D eigenvalue weighted by atomic mass is 9.97. The molecule has 0 aliphatic carbocycles. The number of aryl methyl sites for hydroxylation is 1. The molecule has 1 aromatic heterocycles. The highest BCUT2D eigenvalue weighted by Crippen LogP contribution is 2.28. The molecule has 1 amide bonds. The van der Waals surface area contributed by atoms with Gasteiger partial charge in [0.1, 0.15) is 4.88 Å². The Morgan fingerprint density at radius 2 is 2.00 bits per heavy atom. The molecule has 5 heteroatoms. The molecule has 17 heavy (non-hydrogen) atoms. The van der Waals surface area contributed by atoms with Crippen LogP contribution in [0.4, 0.5) is 5.13 Å². The number of likely N-dealkylation sites (tertiary alicyclic amines) is 1. The van der Waals surface area contributed by atoms with Gasteiger partial charge in [-0.1, -0.05) is 11.3 Å². The maximum absolute atomic E-state index is 12.5. The Labute approximate surface area is 106 Å². The van der Waals surface area contributed by atoms with Gasteiger partial charge in [0.25, 0.3) is 5.91 Å². The van der Waals surface area contributed by atoms with Crippen molar-refractivity contribution in [1.82, 2.24) is 9.88 Å². The zero-order valence-corrected chi connectivity index (χ0v) is 11.4. The fourth-order valence-corrected chi connectivity index (χ4v) is 3.33. The van der Waals surface area contributed by atoms with Gasteiger partial charge in [-0.2, -0.15) is 0 Å². The third kappa shape index (κ3) is 2.29. The SMILES string of the molecule is Cc1nc(N)sc1C(=O)N1C(C)CCCC1C. The first kappa shape index (κ1) is 12.4. The number of aromatic nitrogens is 1. The Balaban J connectivity index is 2.27. The molecule has 0 saturated carbocycles. The lowest BCUT2D eigenvalue weighted by Crippen LogP contribution is -2.47. The van der Waals surface area contributed by atoms with Gasteiger partial charge in [-0.05, 0) is 40.0 Å². The first-order chi connectivity index (χ1) is 8.00. The predicted molar refractivity (Wildman–Crippen MR) is 70.2 cm³/mol. The quantitative estimate of drug-likeness (QED) is 0.836. The summed E-state index contributed by atoms with van der Waals surface area (Å²) in [5.41, 5.74) is 6.41. The van der Waals surface area contributed by atoms with Gasteiger partial charge in [-0.3, -0.25) is 4.79 Å². The van der Waals surface area contributed by atoms with E-state index in [9.17, 15) is 4.79 Å². The molecule has 94 valence electrons. The van der Waals surface area contributed by atoms with E-state index in [1.165, 1.54) is 17.8 Å². The van der Waals surface area contributed by atoms with Gasteiger partial charge < -0.3 is 10.6 Å². The zero-order chi connectivity index (χ0) is 12.6. The van der Waals surface area contributed by atoms with E-state index < -0.39 is 0 Å². The summed E-state index contributed by atoms with van der Waals surface area (Å²) in [7, 11) is 0. The number of rotatable bonds is 1. The number of nitrogens with zero attached hydrogens (tertiary/aromatic N) is 2. The Hall–Kier alpha value is -1.10. The molecule has 2 atom stereocenters. The highest BCUT2D eigenvalue weighted by atomic mass is 32.1. The number of hydrogen-bond donors (Lipinski definition) is 1. The Bertz CT molecular complexity index is 419. The monoisotopic (exact) mass is 253 g/mol. The average molecular weight is 253 g/mol. The fourth-order valence-electron chi connectivity index (χ4n) is 2.55. The zero-order valence-electron chi connectivity index (χ0n) is 10.6. The number of piperidine rings is 1. The van der Waals surface area contributed by atoms with Crippen LogP contribution in [-0.2, 0) is 0 Å². The van der Waals surface area contributed by atoms with Crippen molar-refractivity contribution in [1.29, 1.82) is 0 Å². The number of carbonyl (C=O) groups excluding carboxylic acids is 1. The summed E-state index contributed by atoms with van der Waals surface area (Å²) < 4.78 is 0. The molecular weight excluding hydrogens is 234 g/mol. The number of hydrogen-bond acceptors (Lipinski definition) is 4. The summed E-state index contributed by atoms with van der Waals surface area (Å²) in [6.45, 7) is 6.08. The molecule has 1 aromatic rings. The summed E-state index contributed by atoms with van der Waals surface area (Å²) >= 11 is 1.30. The van der Waals surface area contributed by atoms with E-state index >= 15 is 0 Å². The van der Waals surface area contributed by atoms with Gasteiger partial charge in [-0.15, -0.1) is 0 Å². The van der Waals surface area contributed by atoms with Crippen molar-refractivity contribution >= 4 is 22.4 Å². The van der Waals surface area contributed by atoms with E-state index in [4.69, 9.17) is 5.73 Å². The largest absolute Gasteiger partial charge is 0.375 e. The summed E-state index contributed by atoms with van der Waals surface area (Å²) in [4.78, 5) is 19.3. The Morgan fingerprint density at radius 1 is 1.41 bits per heavy atom. The first-order valence-corrected chi connectivity index (χ1v) is 6.88. The third-order valence-corrected chi connectivity index (χ3v) is 4.41. The number of amides is 1. The molecule has 2 heterocycles. The van der Waals surface area contributed by atoms with Crippen LogP contribution in [0, 0.1) is 6.92 Å². The molecule has 2 rings (SSSR count). The number of carbonyl (C=O) groups is 1. The van der Waals surface area contributed by atoms with Crippen molar-refractivity contribution in [2.24, 2.45) is 0 Å². The molecule has 0 radical (unpaired) electrons. The van der Waals surface area contributed by atoms with Crippen molar-refractivity contribution in [3.8, 4) is 0 Å². The van der Waals surface area contributed by atoms with Crippen LogP contribution in [0.5, 0.6) is 0 Å². The highest BCUT2D eigenvalue weighted by Gasteiger charge is 2.31. The summed E-state index contributed by atoms with van der Waals surface area (Å²) in [6, 6.07) is 0.628. The number of nitrogens with two attached hydrogens (primary N) is 1. The summed E-state index contributed by atoms with van der Waals surface area (Å²) in [5.74, 6) is 0.0939. The van der Waals surface area contributed by atoms with Gasteiger partial charge >= 0.3 is 0 Å². The second kappa shape index (κ2) is 4.64. The normalized spacial score (nSPS) is 25.0. The maximum atomic E-state index is 12.5. The molecule has 2 unspecified atom stereocenters. The topological polar surface area (TPSA) is 59.2 Å².